The van der Waals surface area contributed by atoms with Crippen molar-refractivity contribution in [2.24, 2.45) is 5.92 Å². The van der Waals surface area contributed by atoms with Crippen molar-refractivity contribution in [3.05, 3.63) is 0 Å². The maximum atomic E-state index is 11.6. The molecule has 0 aromatic rings. The normalized spacial score (nSPS) is 17.4. The van der Waals surface area contributed by atoms with Crippen LogP contribution in [0.15, 0.2) is 0 Å². The number of hydrogen-bond acceptors (Lipinski definition) is 2. The van der Waals surface area contributed by atoms with Crippen LogP contribution in [0.3, 0.4) is 0 Å². The molecule has 3 nitrogen and oxygen atoms in total. The van der Waals surface area contributed by atoms with Gasteiger partial charge in [-0.2, -0.15) is 0 Å². The minimum atomic E-state index is 0.168. The lowest BCUT2D eigenvalue weighted by Crippen LogP contribution is -2.41. The fourth-order valence-corrected chi connectivity index (χ4v) is 2.36. The van der Waals surface area contributed by atoms with Crippen molar-refractivity contribution in [3.63, 3.8) is 0 Å². The molecule has 0 atom stereocenters. The van der Waals surface area contributed by atoms with Gasteiger partial charge >= 0.3 is 0 Å². The molecule has 0 saturated heterocycles. The van der Waals surface area contributed by atoms with Gasteiger partial charge in [0.1, 0.15) is 0 Å². The number of nitrogens with one attached hydrogen (secondary N) is 2. The van der Waals surface area contributed by atoms with Crippen LogP contribution < -0.4 is 10.6 Å². The molecule has 1 aliphatic rings. The first kappa shape index (κ1) is 14.5. The molecule has 0 aliphatic heterocycles. The Labute approximate surface area is 106 Å². The Hall–Kier alpha value is -0.570. The van der Waals surface area contributed by atoms with Crippen LogP contribution in [-0.2, 0) is 4.79 Å². The zero-order chi connectivity index (χ0) is 12.5. The van der Waals surface area contributed by atoms with Crippen LogP contribution in [-0.4, -0.2) is 25.0 Å². The Kier molecular flexibility index (Phi) is 7.25. The van der Waals surface area contributed by atoms with Gasteiger partial charge in [-0.25, -0.2) is 0 Å². The summed E-state index contributed by atoms with van der Waals surface area (Å²) in [5.41, 5.74) is 0. The lowest BCUT2D eigenvalue weighted by Gasteiger charge is -2.22. The van der Waals surface area contributed by atoms with Gasteiger partial charge in [0.25, 0.3) is 0 Å². The second-order valence-electron chi connectivity index (χ2n) is 5.62. The van der Waals surface area contributed by atoms with Crippen LogP contribution >= 0.6 is 0 Å². The first-order valence-electron chi connectivity index (χ1n) is 7.18. The van der Waals surface area contributed by atoms with E-state index in [1.807, 2.05) is 0 Å². The molecule has 3 heteroatoms. The first-order valence-corrected chi connectivity index (χ1v) is 7.18. The van der Waals surface area contributed by atoms with E-state index in [4.69, 9.17) is 0 Å². The minimum Gasteiger partial charge on any atom is -0.352 e. The average molecular weight is 240 g/mol. The van der Waals surface area contributed by atoms with Gasteiger partial charge in [0.2, 0.25) is 5.91 Å². The van der Waals surface area contributed by atoms with E-state index in [2.05, 4.69) is 24.5 Å². The number of hydrogen-bond donors (Lipinski definition) is 2. The summed E-state index contributed by atoms with van der Waals surface area (Å²) in [5, 5.41) is 6.34. The molecule has 1 aliphatic carbocycles. The summed E-state index contributed by atoms with van der Waals surface area (Å²) in [6, 6.07) is 0.439. The summed E-state index contributed by atoms with van der Waals surface area (Å²) >= 11 is 0. The highest BCUT2D eigenvalue weighted by Crippen LogP contribution is 2.17. The lowest BCUT2D eigenvalue weighted by molar-refractivity contribution is -0.121. The Morgan fingerprint density at radius 2 is 1.94 bits per heavy atom. The fraction of sp³-hybridized carbons (Fsp3) is 0.929. The van der Waals surface area contributed by atoms with Crippen molar-refractivity contribution in [1.29, 1.82) is 0 Å². The maximum absolute atomic E-state index is 11.6. The van der Waals surface area contributed by atoms with Gasteiger partial charge in [-0.15, -0.1) is 0 Å². The van der Waals surface area contributed by atoms with Crippen molar-refractivity contribution >= 4 is 5.91 Å². The van der Waals surface area contributed by atoms with Crippen molar-refractivity contribution in [2.45, 2.75) is 64.8 Å². The molecule has 1 fully saturated rings. The molecular formula is C14H28N2O. The van der Waals surface area contributed by atoms with Crippen LogP contribution in [0, 0.1) is 5.92 Å². The summed E-state index contributed by atoms with van der Waals surface area (Å²) < 4.78 is 0. The van der Waals surface area contributed by atoms with Crippen molar-refractivity contribution < 1.29 is 4.79 Å². The molecule has 1 saturated carbocycles. The summed E-state index contributed by atoms with van der Waals surface area (Å²) in [5.74, 6) is 0.925. The van der Waals surface area contributed by atoms with Gasteiger partial charge in [-0.3, -0.25) is 4.79 Å². The molecule has 0 unspecified atom stereocenters. The van der Waals surface area contributed by atoms with Gasteiger partial charge in [0, 0.05) is 6.04 Å². The van der Waals surface area contributed by atoms with E-state index >= 15 is 0 Å². The molecule has 0 radical (unpaired) electrons. The Morgan fingerprint density at radius 3 is 2.59 bits per heavy atom. The average Bonchev–Trinajstić information content (AvgIpc) is 2.29. The summed E-state index contributed by atoms with van der Waals surface area (Å²) in [6.07, 6.45) is 8.60. The van der Waals surface area contributed by atoms with Crippen LogP contribution in [0.1, 0.15) is 58.8 Å². The molecule has 17 heavy (non-hydrogen) atoms. The third-order valence-corrected chi connectivity index (χ3v) is 3.39. The van der Waals surface area contributed by atoms with Crippen molar-refractivity contribution in [1.82, 2.24) is 10.6 Å². The second-order valence-corrected chi connectivity index (χ2v) is 5.62. The SMILES string of the molecule is CC(C)CCCNCC(=O)NC1CCCCC1. The molecule has 0 aromatic carbocycles. The monoisotopic (exact) mass is 240 g/mol. The zero-order valence-electron chi connectivity index (χ0n) is 11.4. The van der Waals surface area contributed by atoms with E-state index in [0.717, 1.165) is 18.9 Å². The molecule has 0 bridgehead atoms. The summed E-state index contributed by atoms with van der Waals surface area (Å²) in [4.78, 5) is 11.6. The fourth-order valence-electron chi connectivity index (χ4n) is 2.36. The molecule has 1 rings (SSSR count). The minimum absolute atomic E-state index is 0.168. The quantitative estimate of drug-likeness (QED) is 0.671. The lowest BCUT2D eigenvalue weighted by atomic mass is 9.95. The maximum Gasteiger partial charge on any atom is 0.234 e. The molecule has 1 amide bonds. The topological polar surface area (TPSA) is 41.1 Å². The Balaban J connectivity index is 1.97. The van der Waals surface area contributed by atoms with Gasteiger partial charge in [0.15, 0.2) is 0 Å². The number of carbonyl (C=O) groups excluding carboxylic acids is 1. The van der Waals surface area contributed by atoms with Crippen LogP contribution in [0.25, 0.3) is 0 Å². The Bertz CT molecular complexity index is 210. The van der Waals surface area contributed by atoms with E-state index in [1.54, 1.807) is 0 Å². The molecule has 0 spiro atoms. The van der Waals surface area contributed by atoms with E-state index in [0.29, 0.717) is 12.6 Å². The number of rotatable bonds is 7. The largest absolute Gasteiger partial charge is 0.352 e. The van der Waals surface area contributed by atoms with Crippen molar-refractivity contribution in [3.8, 4) is 0 Å². The first-order chi connectivity index (χ1) is 8.18. The zero-order valence-corrected chi connectivity index (χ0v) is 11.4. The highest BCUT2D eigenvalue weighted by atomic mass is 16.1. The predicted octanol–water partition coefficient (Wildman–Crippen LogP) is 2.46. The van der Waals surface area contributed by atoms with Crippen LogP contribution in [0.2, 0.25) is 0 Å². The highest BCUT2D eigenvalue weighted by molar-refractivity contribution is 5.78. The number of amides is 1. The smallest absolute Gasteiger partial charge is 0.234 e. The highest BCUT2D eigenvalue weighted by Gasteiger charge is 2.14. The third-order valence-electron chi connectivity index (χ3n) is 3.39. The van der Waals surface area contributed by atoms with Gasteiger partial charge in [0.05, 0.1) is 6.54 Å². The van der Waals surface area contributed by atoms with E-state index in [1.165, 1.54) is 38.5 Å². The van der Waals surface area contributed by atoms with Gasteiger partial charge < -0.3 is 10.6 Å². The van der Waals surface area contributed by atoms with E-state index < -0.39 is 0 Å². The third kappa shape index (κ3) is 7.37. The Morgan fingerprint density at radius 1 is 1.24 bits per heavy atom. The summed E-state index contributed by atoms with van der Waals surface area (Å²) in [6.45, 7) is 5.90. The number of carbonyl (C=O) groups is 1. The van der Waals surface area contributed by atoms with Crippen LogP contribution in [0.4, 0.5) is 0 Å². The van der Waals surface area contributed by atoms with Crippen molar-refractivity contribution in [2.75, 3.05) is 13.1 Å². The molecule has 2 N–H and O–H groups in total. The molecule has 0 aromatic heterocycles. The summed E-state index contributed by atoms with van der Waals surface area (Å²) in [7, 11) is 0. The van der Waals surface area contributed by atoms with Gasteiger partial charge in [-0.1, -0.05) is 33.1 Å². The standard InChI is InChI=1S/C14H28N2O/c1-12(2)7-6-10-15-11-14(17)16-13-8-4-3-5-9-13/h12-13,15H,3-11H2,1-2H3,(H,16,17). The molecular weight excluding hydrogens is 212 g/mol. The predicted molar refractivity (Wildman–Crippen MR) is 72.0 cm³/mol. The molecule has 100 valence electrons. The van der Waals surface area contributed by atoms with E-state index in [-0.39, 0.29) is 5.91 Å². The van der Waals surface area contributed by atoms with Gasteiger partial charge in [-0.05, 0) is 38.1 Å². The molecule has 0 heterocycles. The second kappa shape index (κ2) is 8.51. The van der Waals surface area contributed by atoms with E-state index in [9.17, 15) is 4.79 Å². The van der Waals surface area contributed by atoms with Crippen LogP contribution in [0.5, 0.6) is 0 Å².